The highest BCUT2D eigenvalue weighted by molar-refractivity contribution is 5.38. The average molecular weight is 331 g/mol. The fraction of sp³-hybridized carbons (Fsp3) is 0.647. The Morgan fingerprint density at radius 3 is 2.26 bits per heavy atom. The Bertz CT molecular complexity index is 540. The molecule has 0 radical (unpaired) electrons. The summed E-state index contributed by atoms with van der Waals surface area (Å²) in [6.07, 6.45) is -3.24. The molecule has 0 aliphatic carbocycles. The van der Waals surface area contributed by atoms with Crippen LogP contribution < -0.4 is 10.5 Å². The highest BCUT2D eigenvalue weighted by Gasteiger charge is 2.37. The third-order valence-corrected chi connectivity index (χ3v) is 4.26. The predicted octanol–water partition coefficient (Wildman–Crippen LogP) is 3.79. The molecular weight excluding hydrogens is 307 g/mol. The van der Waals surface area contributed by atoms with Crippen molar-refractivity contribution >= 4 is 0 Å². The first-order valence-corrected chi connectivity index (χ1v) is 7.71. The van der Waals surface area contributed by atoms with Gasteiger partial charge in [0.1, 0.15) is 5.75 Å². The molecule has 0 unspecified atom stereocenters. The van der Waals surface area contributed by atoms with Crippen LogP contribution in [0.4, 0.5) is 13.2 Å². The minimum absolute atomic E-state index is 0.0389. The molecule has 0 spiro atoms. The van der Waals surface area contributed by atoms with Gasteiger partial charge in [0.2, 0.25) is 0 Å². The maximum absolute atomic E-state index is 12.5. The fourth-order valence-electron chi connectivity index (χ4n) is 2.60. The van der Waals surface area contributed by atoms with Gasteiger partial charge in [0.15, 0.2) is 0 Å². The number of rotatable bonds is 5. The van der Waals surface area contributed by atoms with E-state index in [4.69, 9.17) is 10.5 Å². The van der Waals surface area contributed by atoms with E-state index in [9.17, 15) is 13.2 Å². The first-order chi connectivity index (χ1) is 10.5. The highest BCUT2D eigenvalue weighted by Crippen LogP contribution is 2.34. The third kappa shape index (κ3) is 4.85. The van der Waals surface area contributed by atoms with E-state index in [0.29, 0.717) is 26.2 Å². The number of alkyl halides is 3. The minimum Gasteiger partial charge on any atom is -0.406 e. The fourth-order valence-corrected chi connectivity index (χ4v) is 2.60. The second-order valence-corrected chi connectivity index (χ2v) is 7.36. The van der Waals surface area contributed by atoms with Gasteiger partial charge in [-0.3, -0.25) is 0 Å². The number of hydrogen-bond donors (Lipinski definition) is 1. The van der Waals surface area contributed by atoms with Gasteiger partial charge in [-0.25, -0.2) is 0 Å². The highest BCUT2D eigenvalue weighted by atomic mass is 19.4. The Hall–Kier alpha value is -1.27. The number of halogens is 3. The van der Waals surface area contributed by atoms with Gasteiger partial charge in [-0.05, 0) is 41.5 Å². The average Bonchev–Trinajstić information content (AvgIpc) is 2.34. The van der Waals surface area contributed by atoms with E-state index in [0.717, 1.165) is 17.5 Å². The molecule has 1 heterocycles. The molecule has 0 amide bonds. The van der Waals surface area contributed by atoms with E-state index in [-0.39, 0.29) is 16.6 Å². The molecule has 1 aliphatic rings. The zero-order valence-electron chi connectivity index (χ0n) is 13.8. The van der Waals surface area contributed by atoms with Crippen LogP contribution in [-0.2, 0) is 16.6 Å². The molecule has 1 fully saturated rings. The molecule has 2 N–H and O–H groups in total. The second-order valence-electron chi connectivity index (χ2n) is 7.36. The molecule has 1 aromatic carbocycles. The van der Waals surface area contributed by atoms with Gasteiger partial charge < -0.3 is 15.2 Å². The van der Waals surface area contributed by atoms with Crippen LogP contribution in [0.1, 0.15) is 38.3 Å². The Labute approximate surface area is 135 Å². The number of ether oxygens (including phenoxy) is 2. The lowest BCUT2D eigenvalue weighted by atomic mass is 9.79. The molecule has 0 aromatic heterocycles. The maximum atomic E-state index is 12.5. The summed E-state index contributed by atoms with van der Waals surface area (Å²) in [7, 11) is 0. The number of aryl methyl sites for hydroxylation is 1. The topological polar surface area (TPSA) is 44.5 Å². The molecule has 2 rings (SSSR count). The van der Waals surface area contributed by atoms with Gasteiger partial charge in [0, 0.05) is 12.0 Å². The van der Waals surface area contributed by atoms with E-state index in [1.165, 1.54) is 12.1 Å². The Balaban J connectivity index is 2.21. The molecular formula is C17H24F3NO2. The van der Waals surface area contributed by atoms with Crippen LogP contribution in [0.2, 0.25) is 0 Å². The summed E-state index contributed by atoms with van der Waals surface area (Å²) in [5.74, 6) is -0.161. The van der Waals surface area contributed by atoms with Crippen molar-refractivity contribution < 1.29 is 22.6 Å². The lowest BCUT2D eigenvalue weighted by Gasteiger charge is -2.40. The predicted molar refractivity (Wildman–Crippen MR) is 82.5 cm³/mol. The number of hydrogen-bond acceptors (Lipinski definition) is 3. The summed E-state index contributed by atoms with van der Waals surface area (Å²) >= 11 is 0. The Kier molecular flexibility index (Phi) is 4.97. The van der Waals surface area contributed by atoms with Crippen molar-refractivity contribution in [2.24, 2.45) is 11.1 Å². The summed E-state index contributed by atoms with van der Waals surface area (Å²) in [5, 5.41) is 0. The quantitative estimate of drug-likeness (QED) is 0.893. The molecule has 0 saturated carbocycles. The first-order valence-electron chi connectivity index (χ1n) is 7.71. The van der Waals surface area contributed by atoms with Crippen molar-refractivity contribution in [3.63, 3.8) is 0 Å². The van der Waals surface area contributed by atoms with Gasteiger partial charge in [-0.15, -0.1) is 13.2 Å². The van der Waals surface area contributed by atoms with Crippen LogP contribution in [0.25, 0.3) is 0 Å². The summed E-state index contributed by atoms with van der Waals surface area (Å²) in [6.45, 7) is 7.65. The largest absolute Gasteiger partial charge is 0.573 e. The second kappa shape index (κ2) is 6.32. The molecule has 6 heteroatoms. The van der Waals surface area contributed by atoms with Crippen LogP contribution in [0.15, 0.2) is 18.2 Å². The van der Waals surface area contributed by atoms with E-state index < -0.39 is 6.36 Å². The van der Waals surface area contributed by atoms with Crippen molar-refractivity contribution in [3.05, 3.63) is 29.3 Å². The minimum atomic E-state index is -4.69. The normalized spacial score (nSPS) is 17.7. The zero-order chi connectivity index (χ0) is 17.3. The van der Waals surface area contributed by atoms with Crippen LogP contribution in [-0.4, -0.2) is 26.1 Å². The van der Waals surface area contributed by atoms with Crippen molar-refractivity contribution in [2.75, 3.05) is 19.8 Å². The number of benzene rings is 1. The summed E-state index contributed by atoms with van der Waals surface area (Å²) in [5.41, 5.74) is 7.14. The van der Waals surface area contributed by atoms with Crippen molar-refractivity contribution in [2.45, 2.75) is 45.4 Å². The van der Waals surface area contributed by atoms with Gasteiger partial charge in [0.05, 0.1) is 13.2 Å². The molecule has 1 aliphatic heterocycles. The molecule has 0 atom stereocenters. The first kappa shape index (κ1) is 18.1. The SMILES string of the molecule is CC(C)(C)c1cc(CCC2(CN)COC2)cc(OC(F)(F)F)c1. The molecule has 130 valence electrons. The van der Waals surface area contributed by atoms with Crippen LogP contribution >= 0.6 is 0 Å². The van der Waals surface area contributed by atoms with E-state index >= 15 is 0 Å². The Morgan fingerprint density at radius 2 is 1.83 bits per heavy atom. The summed E-state index contributed by atoms with van der Waals surface area (Å²) < 4.78 is 47.0. The molecule has 23 heavy (non-hydrogen) atoms. The van der Waals surface area contributed by atoms with Crippen molar-refractivity contribution in [1.82, 2.24) is 0 Å². The van der Waals surface area contributed by atoms with E-state index in [1.54, 1.807) is 0 Å². The van der Waals surface area contributed by atoms with Gasteiger partial charge in [-0.1, -0.05) is 26.8 Å². The molecule has 1 aromatic rings. The van der Waals surface area contributed by atoms with Crippen LogP contribution in [0.3, 0.4) is 0 Å². The smallest absolute Gasteiger partial charge is 0.406 e. The van der Waals surface area contributed by atoms with Crippen LogP contribution in [0.5, 0.6) is 5.75 Å². The monoisotopic (exact) mass is 331 g/mol. The number of nitrogens with two attached hydrogens (primary N) is 1. The van der Waals surface area contributed by atoms with Crippen molar-refractivity contribution in [3.8, 4) is 5.75 Å². The Morgan fingerprint density at radius 1 is 1.17 bits per heavy atom. The van der Waals surface area contributed by atoms with Crippen LogP contribution in [0, 0.1) is 5.41 Å². The van der Waals surface area contributed by atoms with Crippen molar-refractivity contribution in [1.29, 1.82) is 0 Å². The summed E-state index contributed by atoms with van der Waals surface area (Å²) in [6, 6.07) is 4.88. The van der Waals surface area contributed by atoms with E-state index in [1.807, 2.05) is 26.8 Å². The standard InChI is InChI=1S/C17H24F3NO2/c1-15(2,3)13-6-12(4-5-16(9-21)10-22-11-16)7-14(8-13)23-17(18,19)20/h6-8H,4-5,9-11,21H2,1-3H3. The van der Waals surface area contributed by atoms with Gasteiger partial charge in [0.25, 0.3) is 0 Å². The van der Waals surface area contributed by atoms with Gasteiger partial charge >= 0.3 is 6.36 Å². The lowest BCUT2D eigenvalue weighted by molar-refractivity contribution is -0.274. The maximum Gasteiger partial charge on any atom is 0.573 e. The third-order valence-electron chi connectivity index (χ3n) is 4.26. The van der Waals surface area contributed by atoms with E-state index in [2.05, 4.69) is 4.74 Å². The zero-order valence-corrected chi connectivity index (χ0v) is 13.8. The molecule has 3 nitrogen and oxygen atoms in total. The molecule has 1 saturated heterocycles. The van der Waals surface area contributed by atoms with Gasteiger partial charge in [-0.2, -0.15) is 0 Å². The molecule has 0 bridgehead atoms. The lowest BCUT2D eigenvalue weighted by Crippen LogP contribution is -2.48. The summed E-state index contributed by atoms with van der Waals surface area (Å²) in [4.78, 5) is 0.